The molecule has 3 N–H and O–H groups in total. The van der Waals surface area contributed by atoms with Crippen LogP contribution < -0.4 is 10.6 Å². The summed E-state index contributed by atoms with van der Waals surface area (Å²) in [5, 5.41) is 19.1. The van der Waals surface area contributed by atoms with Crippen LogP contribution in [0.4, 0.5) is 0 Å². The number of rotatable bonds is 9. The van der Waals surface area contributed by atoms with E-state index in [1.54, 1.807) is 5.01 Å². The van der Waals surface area contributed by atoms with Crippen LogP contribution in [0.15, 0.2) is 72.8 Å². The van der Waals surface area contributed by atoms with E-state index in [4.69, 9.17) is 5.11 Å². The number of aliphatic hydroxyl groups is 1. The van der Waals surface area contributed by atoms with Crippen molar-refractivity contribution in [2.45, 2.75) is 79.7 Å². The lowest BCUT2D eigenvalue weighted by molar-refractivity contribution is -0.146. The van der Waals surface area contributed by atoms with Crippen molar-refractivity contribution in [1.82, 2.24) is 20.7 Å². The summed E-state index contributed by atoms with van der Waals surface area (Å²) in [6, 6.07) is 25.9. The molecule has 0 saturated heterocycles. The number of aliphatic hydroxyl groups excluding tert-OH is 1. The van der Waals surface area contributed by atoms with Gasteiger partial charge < -0.3 is 10.4 Å². The number of nitrogens with one attached hydrogen (secondary N) is 2. The third kappa shape index (κ3) is 11.2. The molecule has 218 valence electrons. The maximum atomic E-state index is 11.5. The van der Waals surface area contributed by atoms with E-state index in [2.05, 4.69) is 97.9 Å². The molecular formula is C34H50N4O2. The number of aryl methyl sites for hydroxylation is 2. The van der Waals surface area contributed by atoms with Crippen LogP contribution >= 0.6 is 0 Å². The van der Waals surface area contributed by atoms with Gasteiger partial charge in [0.2, 0.25) is 5.91 Å². The highest BCUT2D eigenvalue weighted by atomic mass is 16.3. The Bertz CT molecular complexity index is 1120. The molecule has 0 bridgehead atoms. The Labute approximate surface area is 242 Å². The third-order valence-electron chi connectivity index (χ3n) is 6.97. The van der Waals surface area contributed by atoms with Gasteiger partial charge in [0.05, 0.1) is 0 Å². The second kappa shape index (κ2) is 17.6. The van der Waals surface area contributed by atoms with Gasteiger partial charge in [0.1, 0.15) is 6.23 Å². The minimum absolute atomic E-state index is 0.169. The zero-order valence-electron chi connectivity index (χ0n) is 25.6. The van der Waals surface area contributed by atoms with E-state index in [-0.39, 0.29) is 12.1 Å². The molecule has 1 aliphatic heterocycles. The average Bonchev–Trinajstić information content (AvgIpc) is 3.41. The molecule has 0 aromatic heterocycles. The molecule has 1 aliphatic rings. The molecule has 40 heavy (non-hydrogen) atoms. The normalized spacial score (nSPS) is 13.0. The number of benzene rings is 3. The maximum Gasteiger partial charge on any atom is 0.236 e. The van der Waals surface area contributed by atoms with Crippen molar-refractivity contribution in [2.75, 3.05) is 20.1 Å². The van der Waals surface area contributed by atoms with E-state index in [9.17, 15) is 4.79 Å². The summed E-state index contributed by atoms with van der Waals surface area (Å²) in [5.74, 6) is 0.169. The van der Waals surface area contributed by atoms with Crippen LogP contribution in [0, 0.1) is 13.8 Å². The van der Waals surface area contributed by atoms with Gasteiger partial charge in [0.15, 0.2) is 0 Å². The number of carbonyl (C=O) groups excluding carboxylic acids is 1. The van der Waals surface area contributed by atoms with Crippen molar-refractivity contribution in [2.24, 2.45) is 0 Å². The quantitative estimate of drug-likeness (QED) is 0.225. The highest BCUT2D eigenvalue weighted by Gasteiger charge is 2.23. The van der Waals surface area contributed by atoms with Crippen molar-refractivity contribution in [1.29, 1.82) is 0 Å². The predicted molar refractivity (Wildman–Crippen MR) is 168 cm³/mol. The molecule has 0 radical (unpaired) electrons. The van der Waals surface area contributed by atoms with Crippen LogP contribution in [0.5, 0.6) is 0 Å². The van der Waals surface area contributed by atoms with E-state index < -0.39 is 0 Å². The molecule has 0 spiro atoms. The second-order valence-electron chi connectivity index (χ2n) is 10.5. The molecule has 4 rings (SSSR count). The number of fused-ring (bicyclic) bond motifs is 1. The number of hydrazine groups is 1. The van der Waals surface area contributed by atoms with Gasteiger partial charge in [-0.2, -0.15) is 0 Å². The lowest BCUT2D eigenvalue weighted by Crippen LogP contribution is -2.39. The average molecular weight is 547 g/mol. The van der Waals surface area contributed by atoms with Gasteiger partial charge in [-0.1, -0.05) is 100 Å². The topological polar surface area (TPSA) is 67.8 Å². The molecular weight excluding hydrogens is 496 g/mol. The molecule has 6 nitrogen and oxygen atoms in total. The Balaban J connectivity index is 0.000000213. The first-order valence-corrected chi connectivity index (χ1v) is 14.5. The molecule has 3 aromatic rings. The molecule has 1 unspecified atom stereocenters. The summed E-state index contributed by atoms with van der Waals surface area (Å²) >= 11 is 0. The minimum atomic E-state index is -0.344. The molecule has 0 aliphatic carbocycles. The Kier molecular flexibility index (Phi) is 14.6. The third-order valence-corrected chi connectivity index (χ3v) is 6.97. The monoisotopic (exact) mass is 546 g/mol. The summed E-state index contributed by atoms with van der Waals surface area (Å²) < 4.78 is 0. The Hall–Kier alpha value is -3.03. The summed E-state index contributed by atoms with van der Waals surface area (Å²) in [5.41, 5.74) is 7.95. The fourth-order valence-electron chi connectivity index (χ4n) is 4.21. The summed E-state index contributed by atoms with van der Waals surface area (Å²) in [7, 11) is 1.84. The highest BCUT2D eigenvalue weighted by molar-refractivity contribution is 5.75. The Morgan fingerprint density at radius 3 is 1.95 bits per heavy atom. The van der Waals surface area contributed by atoms with E-state index >= 15 is 0 Å². The first kappa shape index (κ1) is 33.2. The SMILES string of the molecule is CCC(=O)N(C)N1Cc2ccccc2C1.CCC(O)NCCNC(C)C.Cc1ccc(-c2ccccc2)cc1C. The molecule has 0 saturated carbocycles. The first-order chi connectivity index (χ1) is 19.2. The van der Waals surface area contributed by atoms with Gasteiger partial charge in [0, 0.05) is 45.7 Å². The zero-order valence-corrected chi connectivity index (χ0v) is 25.6. The standard InChI is InChI=1S/C14H14.C12H16N2O.C8H20N2O/c1-11-8-9-14(10-12(11)2)13-6-4-3-5-7-13;1-3-12(15)13(2)14-8-10-6-4-5-7-11(10)9-14;1-4-8(11)10-6-5-9-7(2)3/h3-10H,1-2H3;4-7H,3,8-9H2,1-2H3;7-11H,4-6H2,1-3H3. The van der Waals surface area contributed by atoms with Crippen LogP contribution in [-0.4, -0.2) is 53.4 Å². The van der Waals surface area contributed by atoms with Gasteiger partial charge in [-0.05, 0) is 53.6 Å². The maximum absolute atomic E-state index is 11.5. The number of hydrogen-bond donors (Lipinski definition) is 3. The van der Waals surface area contributed by atoms with Crippen molar-refractivity contribution in [3.63, 3.8) is 0 Å². The second-order valence-corrected chi connectivity index (χ2v) is 10.5. The molecule has 1 amide bonds. The zero-order chi connectivity index (χ0) is 29.5. The van der Waals surface area contributed by atoms with E-state index in [1.807, 2.05) is 39.1 Å². The van der Waals surface area contributed by atoms with Gasteiger partial charge in [-0.25, -0.2) is 5.01 Å². The summed E-state index contributed by atoms with van der Waals surface area (Å²) in [4.78, 5) is 11.5. The van der Waals surface area contributed by atoms with E-state index in [1.165, 1.54) is 33.4 Å². The number of hydrogen-bond acceptors (Lipinski definition) is 5. The predicted octanol–water partition coefficient (Wildman–Crippen LogP) is 6.06. The van der Waals surface area contributed by atoms with Crippen LogP contribution in [0.2, 0.25) is 0 Å². The van der Waals surface area contributed by atoms with Crippen LogP contribution in [0.25, 0.3) is 11.1 Å². The van der Waals surface area contributed by atoms with Crippen molar-refractivity contribution in [3.8, 4) is 11.1 Å². The van der Waals surface area contributed by atoms with Crippen LogP contribution in [0.3, 0.4) is 0 Å². The Morgan fingerprint density at radius 1 is 0.850 bits per heavy atom. The molecule has 6 heteroatoms. The summed E-state index contributed by atoms with van der Waals surface area (Å²) in [6.45, 7) is 15.8. The van der Waals surface area contributed by atoms with Crippen LogP contribution in [0.1, 0.15) is 62.8 Å². The van der Waals surface area contributed by atoms with Crippen LogP contribution in [-0.2, 0) is 17.9 Å². The molecule has 1 atom stereocenters. The number of nitrogens with zero attached hydrogens (tertiary/aromatic N) is 2. The largest absolute Gasteiger partial charge is 0.379 e. The lowest BCUT2D eigenvalue weighted by atomic mass is 10.0. The number of amides is 1. The smallest absolute Gasteiger partial charge is 0.236 e. The van der Waals surface area contributed by atoms with Gasteiger partial charge in [-0.15, -0.1) is 0 Å². The van der Waals surface area contributed by atoms with Crippen molar-refractivity contribution >= 4 is 5.91 Å². The number of carbonyl (C=O) groups is 1. The first-order valence-electron chi connectivity index (χ1n) is 14.5. The lowest BCUT2D eigenvalue weighted by Gasteiger charge is -2.27. The van der Waals surface area contributed by atoms with E-state index in [0.717, 1.165) is 32.6 Å². The van der Waals surface area contributed by atoms with Crippen molar-refractivity contribution < 1.29 is 9.90 Å². The minimum Gasteiger partial charge on any atom is -0.379 e. The summed E-state index contributed by atoms with van der Waals surface area (Å²) in [6.07, 6.45) is 0.981. The van der Waals surface area contributed by atoms with Gasteiger partial charge in [0.25, 0.3) is 0 Å². The van der Waals surface area contributed by atoms with Crippen molar-refractivity contribution in [3.05, 3.63) is 95.1 Å². The molecule has 1 heterocycles. The molecule has 0 fully saturated rings. The Morgan fingerprint density at radius 2 is 1.43 bits per heavy atom. The highest BCUT2D eigenvalue weighted by Crippen LogP contribution is 2.23. The fraction of sp³-hybridized carbons (Fsp3) is 0.441. The fourth-order valence-corrected chi connectivity index (χ4v) is 4.21. The molecule has 3 aromatic carbocycles. The van der Waals surface area contributed by atoms with Gasteiger partial charge in [-0.3, -0.25) is 15.1 Å². The van der Waals surface area contributed by atoms with E-state index in [0.29, 0.717) is 12.5 Å². The van der Waals surface area contributed by atoms with Gasteiger partial charge >= 0.3 is 0 Å².